The molecule has 6 heteroatoms. The van der Waals surface area contributed by atoms with Crippen molar-refractivity contribution in [2.75, 3.05) is 28.0 Å². The third-order valence-corrected chi connectivity index (χ3v) is 6.62. The lowest BCUT2D eigenvalue weighted by Gasteiger charge is -2.29. The summed E-state index contributed by atoms with van der Waals surface area (Å²) in [5, 5.41) is 0. The number of benzene rings is 2. The van der Waals surface area contributed by atoms with E-state index in [-0.39, 0.29) is 11.7 Å². The molecule has 2 aromatic rings. The standard InChI is InChI=1S/C20H24N2O3S/c1-3-22(26(24,25)4-2)18-13-11-17(12-14-18)20(23)21-15-7-9-16-8-5-6-10-19(16)21/h5-6,8,10-14H,3-4,7,9,15H2,1-2H3. The summed E-state index contributed by atoms with van der Waals surface area (Å²) in [6.45, 7) is 4.49. The molecule has 0 aliphatic carbocycles. The summed E-state index contributed by atoms with van der Waals surface area (Å²) in [6.07, 6.45) is 1.93. The molecule has 0 radical (unpaired) electrons. The number of anilines is 2. The van der Waals surface area contributed by atoms with Crippen molar-refractivity contribution in [2.45, 2.75) is 26.7 Å². The number of nitrogens with zero attached hydrogens (tertiary/aromatic N) is 2. The van der Waals surface area contributed by atoms with Gasteiger partial charge in [0.2, 0.25) is 10.0 Å². The molecule has 0 saturated carbocycles. The molecule has 0 fully saturated rings. The first kappa shape index (κ1) is 18.5. The number of para-hydroxylation sites is 1. The summed E-state index contributed by atoms with van der Waals surface area (Å²) in [5.41, 5.74) is 3.31. The largest absolute Gasteiger partial charge is 0.308 e. The molecule has 0 unspecified atom stereocenters. The van der Waals surface area contributed by atoms with Gasteiger partial charge >= 0.3 is 0 Å². The van der Waals surface area contributed by atoms with Crippen molar-refractivity contribution in [3.05, 3.63) is 59.7 Å². The minimum atomic E-state index is -3.32. The van der Waals surface area contributed by atoms with Crippen LogP contribution in [0.25, 0.3) is 0 Å². The zero-order valence-corrected chi connectivity index (χ0v) is 16.0. The van der Waals surface area contributed by atoms with Gasteiger partial charge in [-0.25, -0.2) is 8.42 Å². The minimum absolute atomic E-state index is 0.0477. The monoisotopic (exact) mass is 372 g/mol. The fourth-order valence-corrected chi connectivity index (χ4v) is 4.51. The van der Waals surface area contributed by atoms with E-state index in [1.165, 1.54) is 9.87 Å². The molecule has 1 aliphatic heterocycles. The van der Waals surface area contributed by atoms with Crippen LogP contribution in [0.3, 0.4) is 0 Å². The minimum Gasteiger partial charge on any atom is -0.308 e. The average molecular weight is 372 g/mol. The van der Waals surface area contributed by atoms with Gasteiger partial charge in [0, 0.05) is 24.3 Å². The van der Waals surface area contributed by atoms with Crippen molar-refractivity contribution < 1.29 is 13.2 Å². The molecule has 138 valence electrons. The second-order valence-corrected chi connectivity index (χ2v) is 8.48. The van der Waals surface area contributed by atoms with E-state index in [1.807, 2.05) is 23.1 Å². The van der Waals surface area contributed by atoms with Gasteiger partial charge in [-0.2, -0.15) is 0 Å². The van der Waals surface area contributed by atoms with Gasteiger partial charge in [-0.1, -0.05) is 18.2 Å². The Morgan fingerprint density at radius 1 is 1.08 bits per heavy atom. The summed E-state index contributed by atoms with van der Waals surface area (Å²) >= 11 is 0. The van der Waals surface area contributed by atoms with Gasteiger partial charge in [-0.05, 0) is 62.6 Å². The fourth-order valence-electron chi connectivity index (χ4n) is 3.37. The number of amides is 1. The first-order chi connectivity index (χ1) is 12.5. The van der Waals surface area contributed by atoms with Crippen LogP contribution >= 0.6 is 0 Å². The molecule has 0 bridgehead atoms. The number of fused-ring (bicyclic) bond motifs is 1. The predicted molar refractivity (Wildman–Crippen MR) is 105 cm³/mol. The van der Waals surface area contributed by atoms with Gasteiger partial charge in [0.15, 0.2) is 0 Å². The molecule has 0 N–H and O–H groups in total. The van der Waals surface area contributed by atoms with Crippen LogP contribution in [-0.4, -0.2) is 33.2 Å². The molecule has 3 rings (SSSR count). The van der Waals surface area contributed by atoms with Crippen molar-refractivity contribution in [3.8, 4) is 0 Å². The number of aryl methyl sites for hydroxylation is 1. The predicted octanol–water partition coefficient (Wildman–Crippen LogP) is 3.46. The van der Waals surface area contributed by atoms with E-state index in [4.69, 9.17) is 0 Å². The topological polar surface area (TPSA) is 57.7 Å². The van der Waals surface area contributed by atoms with Gasteiger partial charge in [0.1, 0.15) is 0 Å². The number of carbonyl (C=O) groups excluding carboxylic acids is 1. The van der Waals surface area contributed by atoms with Crippen LogP contribution in [-0.2, 0) is 16.4 Å². The van der Waals surface area contributed by atoms with Gasteiger partial charge in [-0.3, -0.25) is 9.10 Å². The Bertz CT molecular complexity index is 892. The van der Waals surface area contributed by atoms with Gasteiger partial charge in [0.05, 0.1) is 11.4 Å². The Morgan fingerprint density at radius 2 is 1.77 bits per heavy atom. The lowest BCUT2D eigenvalue weighted by Crippen LogP contribution is -2.35. The van der Waals surface area contributed by atoms with Gasteiger partial charge in [-0.15, -0.1) is 0 Å². The molecule has 2 aromatic carbocycles. The van der Waals surface area contributed by atoms with Crippen LogP contribution in [0.5, 0.6) is 0 Å². The molecule has 5 nitrogen and oxygen atoms in total. The number of hydrogen-bond acceptors (Lipinski definition) is 3. The van der Waals surface area contributed by atoms with Gasteiger partial charge in [0.25, 0.3) is 5.91 Å². The van der Waals surface area contributed by atoms with Crippen LogP contribution in [0.4, 0.5) is 11.4 Å². The molecule has 0 atom stereocenters. The van der Waals surface area contributed by atoms with E-state index in [9.17, 15) is 13.2 Å². The zero-order chi connectivity index (χ0) is 18.7. The maximum Gasteiger partial charge on any atom is 0.258 e. The normalized spacial score (nSPS) is 14.0. The third kappa shape index (κ3) is 3.46. The molecule has 0 aromatic heterocycles. The quantitative estimate of drug-likeness (QED) is 0.808. The number of hydrogen-bond donors (Lipinski definition) is 0. The molecule has 1 amide bonds. The van der Waals surface area contributed by atoms with Gasteiger partial charge < -0.3 is 4.90 Å². The lowest BCUT2D eigenvalue weighted by atomic mass is 10.0. The van der Waals surface area contributed by atoms with E-state index < -0.39 is 10.0 Å². The highest BCUT2D eigenvalue weighted by atomic mass is 32.2. The van der Waals surface area contributed by atoms with Crippen LogP contribution in [0, 0.1) is 0 Å². The number of rotatable bonds is 5. The smallest absolute Gasteiger partial charge is 0.258 e. The number of sulfonamides is 1. The summed E-state index contributed by atoms with van der Waals surface area (Å²) in [7, 11) is -3.32. The second-order valence-electron chi connectivity index (χ2n) is 6.30. The summed E-state index contributed by atoms with van der Waals surface area (Å²) < 4.78 is 25.7. The first-order valence-electron chi connectivity index (χ1n) is 8.98. The molecule has 1 aliphatic rings. The van der Waals surface area contributed by atoms with Crippen LogP contribution in [0.1, 0.15) is 36.2 Å². The second kappa shape index (κ2) is 7.50. The summed E-state index contributed by atoms with van der Waals surface area (Å²) in [4.78, 5) is 14.8. The number of carbonyl (C=O) groups is 1. The zero-order valence-electron chi connectivity index (χ0n) is 15.2. The fraction of sp³-hybridized carbons (Fsp3) is 0.350. The van der Waals surface area contributed by atoms with E-state index in [0.29, 0.717) is 24.3 Å². The first-order valence-corrected chi connectivity index (χ1v) is 10.6. The Hall–Kier alpha value is -2.34. The Balaban J connectivity index is 1.87. The molecular formula is C20H24N2O3S. The third-order valence-electron chi connectivity index (χ3n) is 4.75. The summed E-state index contributed by atoms with van der Waals surface area (Å²) in [5.74, 6) is -0.00313. The Kier molecular flexibility index (Phi) is 5.32. The van der Waals surface area contributed by atoms with Crippen molar-refractivity contribution in [1.29, 1.82) is 0 Å². The Labute approximate surface area is 155 Å². The highest BCUT2D eigenvalue weighted by Gasteiger charge is 2.24. The lowest BCUT2D eigenvalue weighted by molar-refractivity contribution is 0.0985. The highest BCUT2D eigenvalue weighted by molar-refractivity contribution is 7.92. The highest BCUT2D eigenvalue weighted by Crippen LogP contribution is 2.28. The van der Waals surface area contributed by atoms with Crippen molar-refractivity contribution in [3.63, 3.8) is 0 Å². The maximum absolute atomic E-state index is 13.0. The molecule has 0 spiro atoms. The summed E-state index contributed by atoms with van der Waals surface area (Å²) in [6, 6.07) is 14.8. The molecule has 26 heavy (non-hydrogen) atoms. The van der Waals surface area contributed by atoms with Crippen LogP contribution in [0.2, 0.25) is 0 Å². The van der Waals surface area contributed by atoms with E-state index in [1.54, 1.807) is 38.1 Å². The SMILES string of the molecule is CCN(c1ccc(C(=O)N2CCCc3ccccc32)cc1)S(=O)(=O)CC. The van der Waals surface area contributed by atoms with Crippen LogP contribution < -0.4 is 9.21 Å². The van der Waals surface area contributed by atoms with Crippen molar-refractivity contribution in [1.82, 2.24) is 0 Å². The van der Waals surface area contributed by atoms with E-state index in [0.717, 1.165) is 18.5 Å². The van der Waals surface area contributed by atoms with Crippen LogP contribution in [0.15, 0.2) is 48.5 Å². The van der Waals surface area contributed by atoms with Crippen molar-refractivity contribution >= 4 is 27.3 Å². The van der Waals surface area contributed by atoms with E-state index >= 15 is 0 Å². The molecule has 0 saturated heterocycles. The van der Waals surface area contributed by atoms with E-state index in [2.05, 4.69) is 6.07 Å². The maximum atomic E-state index is 13.0. The Morgan fingerprint density at radius 3 is 2.42 bits per heavy atom. The molecule has 1 heterocycles. The van der Waals surface area contributed by atoms with Crippen molar-refractivity contribution in [2.24, 2.45) is 0 Å². The average Bonchev–Trinajstić information content (AvgIpc) is 2.68. The molecular weight excluding hydrogens is 348 g/mol.